The Morgan fingerprint density at radius 3 is 2.35 bits per heavy atom. The number of amides is 1. The number of aromatic nitrogens is 2. The third kappa shape index (κ3) is 8.27. The number of ether oxygens (including phenoxy) is 2. The van der Waals surface area contributed by atoms with E-state index in [1.165, 1.54) is 12.4 Å². The molecule has 0 aliphatic heterocycles. The molecule has 0 saturated heterocycles. The van der Waals surface area contributed by atoms with E-state index in [-0.39, 0.29) is 34.6 Å². The molecule has 1 atom stereocenters. The van der Waals surface area contributed by atoms with Gasteiger partial charge in [0.2, 0.25) is 20.9 Å². The van der Waals surface area contributed by atoms with Gasteiger partial charge in [0.05, 0.1) is 20.0 Å². The Morgan fingerprint density at radius 1 is 1.00 bits per heavy atom. The predicted octanol–water partition coefficient (Wildman–Crippen LogP) is 6.46. The number of carbonyl (C=O) groups excluding carboxylic acids is 1. The second-order valence-electron chi connectivity index (χ2n) is 11.0. The van der Waals surface area contributed by atoms with Crippen molar-refractivity contribution in [3.63, 3.8) is 0 Å². The smallest absolute Gasteiger partial charge is 0.247 e. The van der Waals surface area contributed by atoms with Gasteiger partial charge in [-0.15, -0.1) is 0 Å². The number of rotatable bonds is 13. The Kier molecular flexibility index (Phi) is 10.7. The Hall–Kier alpha value is -3.46. The average molecular weight is 568 g/mol. The molecular formula is C31H41N3O5S. The summed E-state index contributed by atoms with van der Waals surface area (Å²) in [5.74, 6) is 0.923. The summed E-state index contributed by atoms with van der Waals surface area (Å²) in [5.41, 5.74) is 2.76. The Balaban J connectivity index is 1.90. The molecule has 3 aromatic rings. The largest absolute Gasteiger partial charge is 0.497 e. The zero-order valence-electron chi connectivity index (χ0n) is 24.4. The molecule has 40 heavy (non-hydrogen) atoms. The van der Waals surface area contributed by atoms with E-state index in [1.54, 1.807) is 32.4 Å². The second-order valence-corrected chi connectivity index (χ2v) is 12.9. The molecule has 1 heterocycles. The molecule has 0 spiro atoms. The van der Waals surface area contributed by atoms with Gasteiger partial charge in [0.25, 0.3) is 0 Å². The molecular weight excluding hydrogens is 526 g/mol. The number of carbonyl (C=O) groups is 1. The van der Waals surface area contributed by atoms with Crippen LogP contribution in [0.2, 0.25) is 0 Å². The topological polar surface area (TPSA) is 107 Å². The number of benzene rings is 2. The van der Waals surface area contributed by atoms with Gasteiger partial charge in [0, 0.05) is 30.6 Å². The molecule has 0 aliphatic rings. The van der Waals surface area contributed by atoms with Gasteiger partial charge >= 0.3 is 0 Å². The highest BCUT2D eigenvalue weighted by atomic mass is 32.2. The molecule has 0 saturated carbocycles. The molecule has 1 unspecified atom stereocenters. The van der Waals surface area contributed by atoms with Crippen LogP contribution in [0, 0.1) is 0 Å². The lowest BCUT2D eigenvalue weighted by Crippen LogP contribution is -2.21. The summed E-state index contributed by atoms with van der Waals surface area (Å²) >= 11 is 0. The van der Waals surface area contributed by atoms with Gasteiger partial charge in [-0.05, 0) is 52.6 Å². The molecule has 0 aliphatic carbocycles. The second kappa shape index (κ2) is 13.7. The first-order chi connectivity index (χ1) is 19.0. The maximum Gasteiger partial charge on any atom is 0.247 e. The minimum atomic E-state index is -3.75. The Morgan fingerprint density at radius 2 is 1.73 bits per heavy atom. The molecule has 0 radical (unpaired) electrons. The maximum absolute atomic E-state index is 13.5. The fourth-order valence-corrected chi connectivity index (χ4v) is 5.95. The van der Waals surface area contributed by atoms with Gasteiger partial charge in [0.1, 0.15) is 11.5 Å². The van der Waals surface area contributed by atoms with Crippen molar-refractivity contribution in [2.24, 2.45) is 0 Å². The minimum absolute atomic E-state index is 0.0516. The highest BCUT2D eigenvalue weighted by molar-refractivity contribution is 7.90. The van der Waals surface area contributed by atoms with Crippen molar-refractivity contribution >= 4 is 21.4 Å². The molecule has 8 nitrogen and oxygen atoms in total. The van der Waals surface area contributed by atoms with Crippen LogP contribution in [-0.2, 0) is 25.8 Å². The van der Waals surface area contributed by atoms with Crippen molar-refractivity contribution in [3.05, 3.63) is 71.5 Å². The van der Waals surface area contributed by atoms with Crippen molar-refractivity contribution in [2.75, 3.05) is 19.5 Å². The number of anilines is 1. The molecule has 2 aromatic carbocycles. The van der Waals surface area contributed by atoms with E-state index < -0.39 is 9.84 Å². The van der Waals surface area contributed by atoms with Crippen molar-refractivity contribution in [1.29, 1.82) is 0 Å². The van der Waals surface area contributed by atoms with Crippen LogP contribution >= 0.6 is 0 Å². The van der Waals surface area contributed by atoms with Crippen molar-refractivity contribution < 1.29 is 22.7 Å². The fourth-order valence-electron chi connectivity index (χ4n) is 4.76. The summed E-state index contributed by atoms with van der Waals surface area (Å²) in [6, 6.07) is 12.7. The molecule has 1 N–H and O–H groups in total. The van der Waals surface area contributed by atoms with E-state index in [0.717, 1.165) is 36.8 Å². The van der Waals surface area contributed by atoms with E-state index >= 15 is 0 Å². The van der Waals surface area contributed by atoms with Crippen molar-refractivity contribution in [3.8, 4) is 11.5 Å². The normalized spacial score (nSPS) is 12.6. The van der Waals surface area contributed by atoms with Crippen LogP contribution in [0.25, 0.3) is 0 Å². The first kappa shape index (κ1) is 31.1. The summed E-state index contributed by atoms with van der Waals surface area (Å²) in [7, 11) is -0.514. The molecule has 1 amide bonds. The summed E-state index contributed by atoms with van der Waals surface area (Å²) in [6.45, 7) is 8.33. The predicted molar refractivity (Wildman–Crippen MR) is 158 cm³/mol. The highest BCUT2D eigenvalue weighted by Gasteiger charge is 2.25. The average Bonchev–Trinajstić information content (AvgIpc) is 2.92. The lowest BCUT2D eigenvalue weighted by molar-refractivity contribution is -0.116. The van der Waals surface area contributed by atoms with Gasteiger partial charge in [-0.3, -0.25) is 4.79 Å². The van der Waals surface area contributed by atoms with Crippen LogP contribution in [0.5, 0.6) is 11.5 Å². The maximum atomic E-state index is 13.5. The summed E-state index contributed by atoms with van der Waals surface area (Å²) < 4.78 is 36.9. The molecule has 1 aromatic heterocycles. The number of methoxy groups -OCH3 is 2. The molecule has 0 bridgehead atoms. The van der Waals surface area contributed by atoms with E-state index in [9.17, 15) is 13.2 Å². The van der Waals surface area contributed by atoms with Gasteiger partial charge < -0.3 is 14.8 Å². The first-order valence-corrected chi connectivity index (χ1v) is 15.3. The molecule has 3 rings (SSSR count). The quantitative estimate of drug-likeness (QED) is 0.187. The van der Waals surface area contributed by atoms with Crippen LogP contribution < -0.4 is 14.8 Å². The molecule has 0 fully saturated rings. The molecule has 216 valence electrons. The van der Waals surface area contributed by atoms with Crippen molar-refractivity contribution in [2.45, 2.75) is 82.0 Å². The summed E-state index contributed by atoms with van der Waals surface area (Å²) in [6.07, 6.45) is 7.06. The molecule has 9 heteroatoms. The van der Waals surface area contributed by atoms with Crippen LogP contribution in [0.15, 0.2) is 60.0 Å². The van der Waals surface area contributed by atoms with Crippen LogP contribution in [0.4, 0.5) is 5.69 Å². The Bertz CT molecular complexity index is 1390. The number of hydrogen-bond donors (Lipinski definition) is 1. The van der Waals surface area contributed by atoms with Gasteiger partial charge in [0.15, 0.2) is 0 Å². The Labute approximate surface area is 238 Å². The number of nitrogens with one attached hydrogen (secondary N) is 1. The fraction of sp³-hybridized carbons (Fsp3) is 0.452. The van der Waals surface area contributed by atoms with Crippen LogP contribution in [0.1, 0.15) is 82.4 Å². The van der Waals surface area contributed by atoms with Crippen molar-refractivity contribution in [1.82, 2.24) is 9.97 Å². The zero-order chi connectivity index (χ0) is 29.3. The standard InChI is InChI=1S/C31H41N3O5S/c1-7-8-9-11-23(25-14-13-24(38-5)20-28(25)39-6)19-29(35)34-27-18-22(12-15-26(27)31(2,3)4)21-40(36,37)30-32-16-10-17-33-30/h10,12-18,20,23H,7-9,11,19,21H2,1-6H3,(H,34,35). The van der Waals surface area contributed by atoms with E-state index in [2.05, 4.69) is 43.0 Å². The first-order valence-electron chi connectivity index (χ1n) is 13.6. The third-order valence-corrected chi connectivity index (χ3v) is 8.29. The third-order valence-electron chi connectivity index (χ3n) is 6.81. The monoisotopic (exact) mass is 567 g/mol. The van der Waals surface area contributed by atoms with Gasteiger partial charge in [-0.1, -0.05) is 65.2 Å². The number of unbranched alkanes of at least 4 members (excludes halogenated alkanes) is 2. The van der Waals surface area contributed by atoms with Crippen LogP contribution in [-0.4, -0.2) is 38.5 Å². The zero-order valence-corrected chi connectivity index (χ0v) is 25.2. The summed E-state index contributed by atoms with van der Waals surface area (Å²) in [5, 5.41) is 2.88. The van der Waals surface area contributed by atoms with E-state index in [4.69, 9.17) is 9.47 Å². The van der Waals surface area contributed by atoms with Gasteiger partial charge in [-0.2, -0.15) is 0 Å². The SMILES string of the molecule is CCCCCC(CC(=O)Nc1cc(CS(=O)(=O)c2ncccn2)ccc1C(C)(C)C)c1ccc(OC)cc1OC. The minimum Gasteiger partial charge on any atom is -0.497 e. The van der Waals surface area contributed by atoms with E-state index in [1.807, 2.05) is 24.3 Å². The number of hydrogen-bond acceptors (Lipinski definition) is 7. The van der Waals surface area contributed by atoms with Gasteiger partial charge in [-0.25, -0.2) is 18.4 Å². The highest BCUT2D eigenvalue weighted by Crippen LogP contribution is 2.37. The lowest BCUT2D eigenvalue weighted by atomic mass is 9.85. The van der Waals surface area contributed by atoms with E-state index in [0.29, 0.717) is 22.7 Å². The van der Waals surface area contributed by atoms with Crippen LogP contribution in [0.3, 0.4) is 0 Å². The number of sulfone groups is 1. The summed E-state index contributed by atoms with van der Waals surface area (Å²) in [4.78, 5) is 21.3. The number of nitrogens with zero attached hydrogens (tertiary/aromatic N) is 2. The lowest BCUT2D eigenvalue weighted by Gasteiger charge is -2.25.